The minimum Gasteiger partial charge on any atom is -0.412 e. The Hall–Kier alpha value is 0.919. The maximum absolute atomic E-state index is 8.41. The summed E-state index contributed by atoms with van der Waals surface area (Å²) in [4.78, 5) is 0. The normalized spacial score (nSPS) is 5.68. The molecule has 0 aliphatic carbocycles. The van der Waals surface area contributed by atoms with Crippen molar-refractivity contribution in [3.63, 3.8) is 0 Å². The zero-order valence-electron chi connectivity index (χ0n) is 8.14. The van der Waals surface area contributed by atoms with Crippen LogP contribution in [-0.4, -0.2) is 32.9 Å². The van der Waals surface area contributed by atoms with Gasteiger partial charge in [-0.05, 0) is 0 Å². The van der Waals surface area contributed by atoms with Crippen molar-refractivity contribution in [3.8, 4) is 0 Å². The molecule has 19 heteroatoms. The molecule has 0 bridgehead atoms. The van der Waals surface area contributed by atoms with Gasteiger partial charge in [0.25, 0.3) is 0 Å². The molecule has 0 aromatic carbocycles. The maximum atomic E-state index is 8.41. The first kappa shape index (κ1) is 72.5. The minimum absolute atomic E-state index is 0. The van der Waals surface area contributed by atoms with E-state index in [-0.39, 0.29) is 53.0 Å². The summed E-state index contributed by atoms with van der Waals surface area (Å²) in [5.41, 5.74) is 0. The third-order valence-corrected chi connectivity index (χ3v) is 0. The van der Waals surface area contributed by atoms with Crippen LogP contribution in [-0.2, 0) is 20.1 Å². The van der Waals surface area contributed by atoms with Gasteiger partial charge in [0.15, 0.2) is 0 Å². The van der Waals surface area contributed by atoms with Crippen molar-refractivity contribution in [2.45, 2.75) is 0 Å². The molecule has 0 aliphatic rings. The fraction of sp³-hybridized carbons (Fsp3) is 0. The second-order valence-electron chi connectivity index (χ2n) is 0.567. The van der Waals surface area contributed by atoms with E-state index < -0.39 is 32.4 Å². The molecule has 0 saturated heterocycles. The van der Waals surface area contributed by atoms with Crippen molar-refractivity contribution in [3.05, 3.63) is 0 Å². The molecule has 132 valence electrons. The van der Waals surface area contributed by atoms with Gasteiger partial charge in [-0.25, -0.2) is 0 Å². The maximum Gasteiger partial charge on any atom is 3.00 e. The Balaban J connectivity index is -0.00000000675. The van der Waals surface area contributed by atoms with Crippen molar-refractivity contribution >= 4 is 0 Å². The number of hydrogen-bond acceptors (Lipinski definition) is 9. The van der Waals surface area contributed by atoms with Gasteiger partial charge in [0.1, 0.15) is 0 Å². The van der Waals surface area contributed by atoms with E-state index in [0.717, 1.165) is 0 Å². The van der Waals surface area contributed by atoms with E-state index in [2.05, 4.69) is 0 Å². The summed E-state index contributed by atoms with van der Waals surface area (Å²) < 4.78 is 75.7. The topological polar surface area (TPSA) is 397 Å². The first-order chi connectivity index (χ1) is 5.20. The molecule has 0 aromatic heterocycles. The van der Waals surface area contributed by atoms with Crippen molar-refractivity contribution in [1.82, 2.24) is 0 Å². The third-order valence-electron chi connectivity index (χ3n) is 0. The number of rotatable bonds is 0. The van der Waals surface area contributed by atoms with Crippen LogP contribution in [0.3, 0.4) is 0 Å². The largest absolute Gasteiger partial charge is 3.00 e. The van der Waals surface area contributed by atoms with E-state index in [1.54, 1.807) is 0 Å². The van der Waals surface area contributed by atoms with E-state index in [0.29, 0.717) is 0 Å². The summed E-state index contributed by atoms with van der Waals surface area (Å²) in [7, 11) is -8.56. The molecule has 0 amide bonds. The predicted molar refractivity (Wildman–Crippen MR) is 21.7 cm³/mol. The Morgan fingerprint density at radius 1 is 0.316 bits per heavy atom. The van der Waals surface area contributed by atoms with Crippen LogP contribution in [0.2, 0.25) is 0 Å². The first-order valence-electron chi connectivity index (χ1n) is 1.39. The van der Waals surface area contributed by atoms with Crippen molar-refractivity contribution in [2.75, 3.05) is 0 Å². The molecule has 12 N–H and O–H groups in total. The molecule has 0 fully saturated rings. The van der Waals surface area contributed by atoms with E-state index in [1.807, 2.05) is 0 Å². The van der Waals surface area contributed by atoms with Gasteiger partial charge in [-0.15, -0.1) is 0 Å². The van der Waals surface area contributed by atoms with Crippen molar-refractivity contribution in [1.29, 1.82) is 0 Å². The Kier molecular flexibility index (Phi) is 235. The fourth-order valence-corrected chi connectivity index (χ4v) is 0. The van der Waals surface area contributed by atoms with Gasteiger partial charge >= 0.3 is 20.1 Å². The molecule has 0 aliphatic heterocycles. The van der Waals surface area contributed by atoms with Gasteiger partial charge in [0, 0.05) is 0 Å². The van der Waals surface area contributed by atoms with Crippen LogP contribution in [0.5, 0.6) is 0 Å². The molecule has 15 nitrogen and oxygen atoms in total. The van der Waals surface area contributed by atoms with Crippen LogP contribution in [0.25, 0.3) is 0 Å². The zero-order valence-corrected chi connectivity index (χ0v) is 12.8. The molecule has 19 heavy (non-hydrogen) atoms. The molecule has 0 atom stereocenters. The van der Waals surface area contributed by atoms with Gasteiger partial charge in [-0.3, -0.25) is 0 Å². The second-order valence-corrected chi connectivity index (χ2v) is 1.70. The average Bonchev–Trinajstić information content (AvgIpc) is 1.54. The van der Waals surface area contributed by atoms with Crippen LogP contribution >= 0.6 is 0 Å². The van der Waals surface area contributed by atoms with Crippen LogP contribution in [0.4, 0.5) is 0 Å². The number of hydrogen-bond donors (Lipinski definition) is 0. The van der Waals surface area contributed by atoms with Gasteiger partial charge in [-0.1, -0.05) is 0 Å². The summed E-state index contributed by atoms with van der Waals surface area (Å²) in [5, 5.41) is 0. The van der Waals surface area contributed by atoms with Crippen LogP contribution < -0.4 is 41.9 Å². The molecule has 0 unspecified atom stereocenters. The SMILES string of the molecule is O.O.O.O.O.O.[Ir+3].[O-][Cl+2]([O-])[O-].[O-][Cl+2]([O-])[O-].[O-][Cl+2]([O-])[O-]. The Bertz CT molecular complexity index is 45.9. The first-order valence-corrected chi connectivity index (χ1v) is 4.17. The van der Waals surface area contributed by atoms with E-state index >= 15 is 0 Å². The third kappa shape index (κ3) is 6410. The van der Waals surface area contributed by atoms with Crippen molar-refractivity contribution < 1.29 is 127 Å². The van der Waals surface area contributed by atoms with Crippen molar-refractivity contribution in [2.24, 2.45) is 0 Å². The molecular formula is H12Cl3IrO15. The quantitative estimate of drug-likeness (QED) is 0.275. The van der Waals surface area contributed by atoms with Gasteiger partial charge in [0.2, 0.25) is 0 Å². The van der Waals surface area contributed by atoms with Gasteiger partial charge in [0.05, 0.1) is 32.4 Å². The molecule has 0 rings (SSSR count). The molecule has 0 radical (unpaired) electrons. The summed E-state index contributed by atoms with van der Waals surface area (Å²) in [6.45, 7) is 0. The molecule has 0 heterocycles. The summed E-state index contributed by atoms with van der Waals surface area (Å²) in [6.07, 6.45) is 0. The molecule has 0 saturated carbocycles. The predicted octanol–water partition coefficient (Wildman–Crippen LogP) is -15.7. The standard InChI is InChI=1S/3ClO3.Ir.6H2O/c3*2-1(3)4;;;;;;;/h;;;;6*1H2/q3*-1;+3;;;;;;. The van der Waals surface area contributed by atoms with Crippen LogP contribution in [0.15, 0.2) is 0 Å². The van der Waals surface area contributed by atoms with E-state index in [9.17, 15) is 0 Å². The monoisotopic (exact) mass is 550 g/mol. The average molecular weight is 551 g/mol. The Labute approximate surface area is 127 Å². The Morgan fingerprint density at radius 2 is 0.316 bits per heavy atom. The van der Waals surface area contributed by atoms with Crippen LogP contribution in [0, 0.1) is 32.4 Å². The van der Waals surface area contributed by atoms with Gasteiger partial charge in [-0.2, -0.15) is 0 Å². The minimum atomic E-state index is -2.85. The smallest absolute Gasteiger partial charge is 0.412 e. The van der Waals surface area contributed by atoms with E-state index in [4.69, 9.17) is 41.9 Å². The van der Waals surface area contributed by atoms with Gasteiger partial charge < -0.3 is 74.8 Å². The molecular weight excluding hydrogens is 539 g/mol. The Morgan fingerprint density at radius 3 is 0.316 bits per heavy atom. The summed E-state index contributed by atoms with van der Waals surface area (Å²) in [5.74, 6) is 0. The fourth-order valence-electron chi connectivity index (χ4n) is 0. The van der Waals surface area contributed by atoms with E-state index in [1.165, 1.54) is 0 Å². The number of halogens is 3. The van der Waals surface area contributed by atoms with Crippen LogP contribution in [0.1, 0.15) is 0 Å². The molecule has 0 spiro atoms. The molecule has 0 aromatic rings. The zero-order chi connectivity index (χ0) is 10.7. The summed E-state index contributed by atoms with van der Waals surface area (Å²) in [6, 6.07) is 0. The summed E-state index contributed by atoms with van der Waals surface area (Å²) >= 11 is 0. The second kappa shape index (κ2) is 61.7.